The van der Waals surface area contributed by atoms with Crippen molar-refractivity contribution >= 4 is 5.78 Å². The Labute approximate surface area is 121 Å². The third kappa shape index (κ3) is 5.31. The minimum absolute atomic E-state index is 0.0606. The highest BCUT2D eigenvalue weighted by Crippen LogP contribution is 2.19. The molecule has 1 unspecified atom stereocenters. The van der Waals surface area contributed by atoms with Crippen LogP contribution in [0.5, 0.6) is 5.75 Å². The Balaban J connectivity index is 2.51. The summed E-state index contributed by atoms with van der Waals surface area (Å²) in [5, 5.41) is 3.22. The van der Waals surface area contributed by atoms with Gasteiger partial charge in [-0.15, -0.1) is 0 Å². The van der Waals surface area contributed by atoms with E-state index >= 15 is 0 Å². The summed E-state index contributed by atoms with van der Waals surface area (Å²) in [5.74, 6) is 0.716. The van der Waals surface area contributed by atoms with Crippen LogP contribution in [0.1, 0.15) is 37.6 Å². The average molecular weight is 279 g/mol. The first-order chi connectivity index (χ1) is 9.70. The van der Waals surface area contributed by atoms with Crippen LogP contribution in [0, 0.1) is 0 Å². The summed E-state index contributed by atoms with van der Waals surface area (Å²) in [6.45, 7) is 8.55. The predicted molar refractivity (Wildman–Crippen MR) is 80.5 cm³/mol. The number of carbonyl (C=O) groups excluding carboxylic acids is 1. The number of hydrogen-bond donors (Lipinski definition) is 1. The van der Waals surface area contributed by atoms with Gasteiger partial charge in [0.2, 0.25) is 0 Å². The molecule has 0 aliphatic rings. The van der Waals surface area contributed by atoms with Crippen LogP contribution in [0.15, 0.2) is 24.3 Å². The van der Waals surface area contributed by atoms with Crippen molar-refractivity contribution in [3.63, 3.8) is 0 Å². The van der Waals surface area contributed by atoms with Crippen molar-refractivity contribution in [1.82, 2.24) is 5.32 Å². The Morgan fingerprint density at radius 3 is 2.70 bits per heavy atom. The lowest BCUT2D eigenvalue weighted by atomic mass is 10.0. The molecule has 112 valence electrons. The maximum atomic E-state index is 12.4. The van der Waals surface area contributed by atoms with Crippen LogP contribution in [0.4, 0.5) is 0 Å². The largest absolute Gasteiger partial charge is 0.493 e. The number of nitrogens with one attached hydrogen (secondary N) is 1. The molecule has 0 bridgehead atoms. The zero-order chi connectivity index (χ0) is 14.8. The molecular formula is C16H25NO3. The molecule has 1 aromatic carbocycles. The molecule has 0 saturated heterocycles. The molecule has 0 aliphatic heterocycles. The molecule has 0 spiro atoms. The Morgan fingerprint density at radius 1 is 1.25 bits per heavy atom. The smallest absolute Gasteiger partial charge is 0.183 e. The lowest BCUT2D eigenvalue weighted by molar-refractivity contribution is 0.0943. The number of rotatable bonds is 10. The third-order valence-corrected chi connectivity index (χ3v) is 2.97. The molecule has 1 N–H and O–H groups in total. The van der Waals surface area contributed by atoms with E-state index in [1.54, 1.807) is 0 Å². The van der Waals surface area contributed by atoms with E-state index in [0.29, 0.717) is 17.9 Å². The summed E-state index contributed by atoms with van der Waals surface area (Å²) in [7, 11) is 0. The average Bonchev–Trinajstić information content (AvgIpc) is 2.47. The van der Waals surface area contributed by atoms with E-state index in [1.165, 1.54) is 0 Å². The van der Waals surface area contributed by atoms with E-state index in [2.05, 4.69) is 5.32 Å². The van der Waals surface area contributed by atoms with Gasteiger partial charge in [-0.25, -0.2) is 0 Å². The molecule has 20 heavy (non-hydrogen) atoms. The van der Waals surface area contributed by atoms with E-state index in [9.17, 15) is 4.79 Å². The molecule has 0 radical (unpaired) electrons. The first-order valence-electron chi connectivity index (χ1n) is 7.27. The molecule has 1 rings (SSSR count). The molecular weight excluding hydrogens is 254 g/mol. The minimum Gasteiger partial charge on any atom is -0.493 e. The molecule has 1 aromatic rings. The van der Waals surface area contributed by atoms with E-state index in [-0.39, 0.29) is 11.8 Å². The van der Waals surface area contributed by atoms with Crippen molar-refractivity contribution < 1.29 is 14.3 Å². The fraction of sp³-hybridized carbons (Fsp3) is 0.562. The maximum Gasteiger partial charge on any atom is 0.183 e. The molecule has 0 saturated carbocycles. The van der Waals surface area contributed by atoms with Crippen LogP contribution in [0.2, 0.25) is 0 Å². The molecule has 0 aliphatic carbocycles. The number of hydrogen-bond acceptors (Lipinski definition) is 4. The summed E-state index contributed by atoms with van der Waals surface area (Å²) in [4.78, 5) is 12.4. The number of carbonyl (C=O) groups is 1. The first kappa shape index (κ1) is 16.7. The van der Waals surface area contributed by atoms with Gasteiger partial charge in [0.25, 0.3) is 0 Å². The monoisotopic (exact) mass is 279 g/mol. The second-order valence-electron chi connectivity index (χ2n) is 4.52. The zero-order valence-electron chi connectivity index (χ0n) is 12.6. The van der Waals surface area contributed by atoms with Crippen LogP contribution >= 0.6 is 0 Å². The van der Waals surface area contributed by atoms with Crippen LogP contribution in [0.3, 0.4) is 0 Å². The fourth-order valence-electron chi connectivity index (χ4n) is 1.91. The van der Waals surface area contributed by atoms with Gasteiger partial charge in [-0.1, -0.05) is 12.1 Å². The highest BCUT2D eigenvalue weighted by Gasteiger charge is 2.18. The van der Waals surface area contributed by atoms with Crippen molar-refractivity contribution in [3.8, 4) is 5.75 Å². The van der Waals surface area contributed by atoms with Crippen molar-refractivity contribution in [2.24, 2.45) is 0 Å². The quantitative estimate of drug-likeness (QED) is 0.528. The fourth-order valence-corrected chi connectivity index (χ4v) is 1.91. The SMILES string of the molecule is CCOCCCNC(C)C(=O)c1ccccc1OCC. The summed E-state index contributed by atoms with van der Waals surface area (Å²) in [6.07, 6.45) is 0.901. The van der Waals surface area contributed by atoms with Gasteiger partial charge in [0.15, 0.2) is 5.78 Å². The predicted octanol–water partition coefficient (Wildman–Crippen LogP) is 2.67. The van der Waals surface area contributed by atoms with Crippen molar-refractivity contribution in [2.75, 3.05) is 26.4 Å². The Hall–Kier alpha value is -1.39. The third-order valence-electron chi connectivity index (χ3n) is 2.97. The van der Waals surface area contributed by atoms with E-state index in [4.69, 9.17) is 9.47 Å². The van der Waals surface area contributed by atoms with Crippen molar-refractivity contribution in [3.05, 3.63) is 29.8 Å². The van der Waals surface area contributed by atoms with Gasteiger partial charge in [0.1, 0.15) is 5.75 Å². The van der Waals surface area contributed by atoms with Crippen LogP contribution in [0.25, 0.3) is 0 Å². The summed E-state index contributed by atoms with van der Waals surface area (Å²) >= 11 is 0. The molecule has 0 fully saturated rings. The summed E-state index contributed by atoms with van der Waals surface area (Å²) < 4.78 is 10.8. The molecule has 4 nitrogen and oxygen atoms in total. The van der Waals surface area contributed by atoms with Gasteiger partial charge in [0.05, 0.1) is 18.2 Å². The number of benzene rings is 1. The Morgan fingerprint density at radius 2 is 2.00 bits per heavy atom. The molecule has 0 heterocycles. The molecule has 0 aromatic heterocycles. The Bertz CT molecular complexity index is 406. The van der Waals surface area contributed by atoms with Crippen LogP contribution < -0.4 is 10.1 Å². The number of Topliss-reactive ketones (excluding diaryl/α,β-unsaturated/α-hetero) is 1. The van der Waals surface area contributed by atoms with E-state index < -0.39 is 0 Å². The lowest BCUT2D eigenvalue weighted by Gasteiger charge is -2.15. The van der Waals surface area contributed by atoms with Gasteiger partial charge in [-0.2, -0.15) is 0 Å². The van der Waals surface area contributed by atoms with Gasteiger partial charge >= 0.3 is 0 Å². The zero-order valence-corrected chi connectivity index (χ0v) is 12.6. The van der Waals surface area contributed by atoms with Crippen molar-refractivity contribution in [2.45, 2.75) is 33.2 Å². The number of para-hydroxylation sites is 1. The summed E-state index contributed by atoms with van der Waals surface area (Å²) in [6, 6.07) is 7.15. The molecule has 0 amide bonds. The second kappa shape index (κ2) is 9.50. The highest BCUT2D eigenvalue weighted by atomic mass is 16.5. The topological polar surface area (TPSA) is 47.6 Å². The number of ether oxygens (including phenoxy) is 2. The number of ketones is 1. The van der Waals surface area contributed by atoms with Gasteiger partial charge in [-0.3, -0.25) is 4.79 Å². The maximum absolute atomic E-state index is 12.4. The lowest BCUT2D eigenvalue weighted by Crippen LogP contribution is -2.35. The van der Waals surface area contributed by atoms with E-state index in [0.717, 1.165) is 26.2 Å². The Kier molecular flexibility index (Phi) is 7.92. The van der Waals surface area contributed by atoms with E-state index in [1.807, 2.05) is 45.0 Å². The van der Waals surface area contributed by atoms with Crippen LogP contribution in [-0.2, 0) is 4.74 Å². The second-order valence-corrected chi connectivity index (χ2v) is 4.52. The van der Waals surface area contributed by atoms with Gasteiger partial charge in [-0.05, 0) is 45.9 Å². The first-order valence-corrected chi connectivity index (χ1v) is 7.27. The highest BCUT2D eigenvalue weighted by molar-refractivity contribution is 6.02. The van der Waals surface area contributed by atoms with Crippen molar-refractivity contribution in [1.29, 1.82) is 0 Å². The molecule has 4 heteroatoms. The van der Waals surface area contributed by atoms with Gasteiger partial charge < -0.3 is 14.8 Å². The van der Waals surface area contributed by atoms with Gasteiger partial charge in [0, 0.05) is 13.2 Å². The van der Waals surface area contributed by atoms with Crippen LogP contribution in [-0.4, -0.2) is 38.2 Å². The summed E-state index contributed by atoms with van der Waals surface area (Å²) in [5.41, 5.74) is 0.638. The molecule has 1 atom stereocenters. The standard InChI is InChI=1S/C16H25NO3/c1-4-19-12-8-11-17-13(3)16(18)14-9-6-7-10-15(14)20-5-2/h6-7,9-10,13,17H,4-5,8,11-12H2,1-3H3. The normalized spacial score (nSPS) is 12.2. The minimum atomic E-state index is -0.224.